The van der Waals surface area contributed by atoms with E-state index in [1.54, 1.807) is 0 Å². The second-order valence-corrected chi connectivity index (χ2v) is 12.2. The molecule has 0 aromatic carbocycles. The van der Waals surface area contributed by atoms with Gasteiger partial charge < -0.3 is 19.4 Å². The third-order valence-electron chi connectivity index (χ3n) is 7.47. The second kappa shape index (κ2) is 24.9. The summed E-state index contributed by atoms with van der Waals surface area (Å²) in [7, 11) is 0. The minimum atomic E-state index is -0.424. The largest absolute Gasteiger partial charge is 0.444 e. The molecule has 234 valence electrons. The molecule has 0 N–H and O–H groups in total. The van der Waals surface area contributed by atoms with Gasteiger partial charge in [0.1, 0.15) is 5.60 Å². The molecule has 0 saturated carbocycles. The molecule has 1 amide bonds. The van der Waals surface area contributed by atoms with E-state index in [4.69, 9.17) is 4.74 Å². The first-order chi connectivity index (χ1) is 18.8. The van der Waals surface area contributed by atoms with Gasteiger partial charge in [-0.3, -0.25) is 4.90 Å². The molecule has 6 nitrogen and oxygen atoms in total. The van der Waals surface area contributed by atoms with Crippen molar-refractivity contribution < 1.29 is 9.53 Å². The Balaban J connectivity index is 0.00000704. The fraction of sp³-hybridized carbons (Fsp3) is 0.970. The molecule has 0 atom stereocenters. The van der Waals surface area contributed by atoms with Crippen LogP contribution < -0.4 is 0 Å². The van der Waals surface area contributed by atoms with Gasteiger partial charge in [0, 0.05) is 52.4 Å². The Morgan fingerprint density at radius 1 is 0.615 bits per heavy atom. The van der Waals surface area contributed by atoms with E-state index in [-0.39, 0.29) is 6.09 Å². The number of amides is 1. The van der Waals surface area contributed by atoms with Crippen molar-refractivity contribution in [2.75, 3.05) is 72.0 Å². The zero-order chi connectivity index (χ0) is 29.4. The van der Waals surface area contributed by atoms with Gasteiger partial charge >= 0.3 is 6.09 Å². The van der Waals surface area contributed by atoms with E-state index >= 15 is 0 Å². The normalized spacial score (nSPS) is 14.6. The predicted octanol–water partition coefficient (Wildman–Crippen LogP) is 7.91. The molecule has 0 aromatic heterocycles. The standard InChI is InChI=1S/C31H64N4O2.C2H6/c1-7-10-13-16-19-32(20-17-14-11-8-2)22-23-33(21-18-15-12-9-3)24-25-34-26-28-35(29-27-34)30(36)37-31(4,5)6;1-2/h7-29H2,1-6H3;1-2H3. The van der Waals surface area contributed by atoms with Crippen molar-refractivity contribution in [3.8, 4) is 0 Å². The quantitative estimate of drug-likeness (QED) is 0.135. The Labute approximate surface area is 245 Å². The van der Waals surface area contributed by atoms with Crippen molar-refractivity contribution in [3.05, 3.63) is 0 Å². The maximum absolute atomic E-state index is 12.4. The Hall–Kier alpha value is -0.850. The van der Waals surface area contributed by atoms with E-state index in [0.717, 1.165) is 39.3 Å². The maximum Gasteiger partial charge on any atom is 0.410 e. The molecule has 0 unspecified atom stereocenters. The molecule has 1 rings (SSSR count). The topological polar surface area (TPSA) is 39.3 Å². The first-order valence-electron chi connectivity index (χ1n) is 16.9. The number of piperazine rings is 1. The minimum absolute atomic E-state index is 0.164. The summed E-state index contributed by atoms with van der Waals surface area (Å²) in [6.45, 7) is 28.5. The first kappa shape index (κ1) is 38.1. The summed E-state index contributed by atoms with van der Waals surface area (Å²) in [6, 6.07) is 0. The average molecular weight is 555 g/mol. The molecule has 1 aliphatic heterocycles. The van der Waals surface area contributed by atoms with Gasteiger partial charge in [0.05, 0.1) is 0 Å². The number of hydrogen-bond donors (Lipinski definition) is 0. The van der Waals surface area contributed by atoms with Crippen LogP contribution in [0.1, 0.15) is 132 Å². The van der Waals surface area contributed by atoms with Crippen molar-refractivity contribution in [1.82, 2.24) is 19.6 Å². The highest BCUT2D eigenvalue weighted by Gasteiger charge is 2.26. The summed E-state index contributed by atoms with van der Waals surface area (Å²) in [5.41, 5.74) is -0.424. The van der Waals surface area contributed by atoms with Gasteiger partial charge in [-0.2, -0.15) is 0 Å². The van der Waals surface area contributed by atoms with Gasteiger partial charge in [0.25, 0.3) is 0 Å². The molecule has 0 bridgehead atoms. The van der Waals surface area contributed by atoms with Crippen molar-refractivity contribution in [1.29, 1.82) is 0 Å². The van der Waals surface area contributed by atoms with E-state index in [0.29, 0.717) is 0 Å². The van der Waals surface area contributed by atoms with E-state index < -0.39 is 5.60 Å². The van der Waals surface area contributed by atoms with E-state index in [2.05, 4.69) is 35.5 Å². The lowest BCUT2D eigenvalue weighted by molar-refractivity contribution is 0.0137. The number of carbonyl (C=O) groups is 1. The first-order valence-corrected chi connectivity index (χ1v) is 16.9. The highest BCUT2D eigenvalue weighted by atomic mass is 16.6. The van der Waals surface area contributed by atoms with Crippen LogP contribution in [0.4, 0.5) is 4.79 Å². The summed E-state index contributed by atoms with van der Waals surface area (Å²) < 4.78 is 5.57. The van der Waals surface area contributed by atoms with Crippen LogP contribution in [0.2, 0.25) is 0 Å². The average Bonchev–Trinajstić information content (AvgIpc) is 2.92. The van der Waals surface area contributed by atoms with Crippen molar-refractivity contribution in [2.45, 2.75) is 138 Å². The zero-order valence-electron chi connectivity index (χ0n) is 27.9. The Morgan fingerprint density at radius 2 is 1.03 bits per heavy atom. The van der Waals surface area contributed by atoms with Gasteiger partial charge in [0.2, 0.25) is 0 Å². The number of rotatable bonds is 21. The van der Waals surface area contributed by atoms with Crippen LogP contribution in [-0.2, 0) is 4.74 Å². The molecule has 6 heteroatoms. The number of unbranched alkanes of at least 4 members (excludes halogenated alkanes) is 9. The molecule has 1 saturated heterocycles. The van der Waals surface area contributed by atoms with Crippen LogP contribution in [0.3, 0.4) is 0 Å². The number of carbonyl (C=O) groups excluding carboxylic acids is 1. The lowest BCUT2D eigenvalue weighted by atomic mass is 10.1. The summed E-state index contributed by atoms with van der Waals surface area (Å²) >= 11 is 0. The summed E-state index contributed by atoms with van der Waals surface area (Å²) in [5, 5.41) is 0. The molecule has 0 spiro atoms. The molecule has 1 heterocycles. The van der Waals surface area contributed by atoms with Crippen LogP contribution in [-0.4, -0.2) is 103 Å². The van der Waals surface area contributed by atoms with Crippen LogP contribution in [0.25, 0.3) is 0 Å². The lowest BCUT2D eigenvalue weighted by Gasteiger charge is -2.36. The summed E-state index contributed by atoms with van der Waals surface area (Å²) in [5.74, 6) is 0. The molecule has 0 aromatic rings. The van der Waals surface area contributed by atoms with Crippen LogP contribution in [0, 0.1) is 0 Å². The maximum atomic E-state index is 12.4. The van der Waals surface area contributed by atoms with Crippen molar-refractivity contribution in [3.63, 3.8) is 0 Å². The highest BCUT2D eigenvalue weighted by Crippen LogP contribution is 2.12. The summed E-state index contributed by atoms with van der Waals surface area (Å²) in [6.07, 6.45) is 15.9. The summed E-state index contributed by atoms with van der Waals surface area (Å²) in [4.78, 5) is 22.3. The van der Waals surface area contributed by atoms with Crippen LogP contribution in [0.5, 0.6) is 0 Å². The number of hydrogen-bond acceptors (Lipinski definition) is 5. The van der Waals surface area contributed by atoms with Gasteiger partial charge in [0.15, 0.2) is 0 Å². The lowest BCUT2D eigenvalue weighted by Crippen LogP contribution is -2.51. The predicted molar refractivity (Wildman–Crippen MR) is 171 cm³/mol. The zero-order valence-corrected chi connectivity index (χ0v) is 27.9. The third-order valence-corrected chi connectivity index (χ3v) is 7.47. The number of nitrogens with zero attached hydrogens (tertiary/aromatic N) is 4. The molecule has 1 aliphatic rings. The van der Waals surface area contributed by atoms with Crippen LogP contribution >= 0.6 is 0 Å². The Morgan fingerprint density at radius 3 is 1.41 bits per heavy atom. The van der Waals surface area contributed by atoms with E-state index in [9.17, 15) is 4.79 Å². The third kappa shape index (κ3) is 21.6. The number of ether oxygens (including phenoxy) is 1. The smallest absolute Gasteiger partial charge is 0.410 e. The molecule has 0 radical (unpaired) electrons. The van der Waals surface area contributed by atoms with Crippen LogP contribution in [0.15, 0.2) is 0 Å². The van der Waals surface area contributed by atoms with Gasteiger partial charge in [-0.15, -0.1) is 0 Å². The van der Waals surface area contributed by atoms with E-state index in [1.807, 2.05) is 39.5 Å². The van der Waals surface area contributed by atoms with Crippen molar-refractivity contribution >= 4 is 6.09 Å². The molecule has 39 heavy (non-hydrogen) atoms. The minimum Gasteiger partial charge on any atom is -0.444 e. The van der Waals surface area contributed by atoms with Gasteiger partial charge in [-0.25, -0.2) is 4.79 Å². The fourth-order valence-corrected chi connectivity index (χ4v) is 5.00. The highest BCUT2D eigenvalue weighted by molar-refractivity contribution is 5.68. The Bertz CT molecular complexity index is 532. The van der Waals surface area contributed by atoms with Crippen molar-refractivity contribution in [2.24, 2.45) is 0 Å². The monoisotopic (exact) mass is 555 g/mol. The molecule has 1 fully saturated rings. The molecular formula is C33H70N4O2. The van der Waals surface area contributed by atoms with Gasteiger partial charge in [-0.05, 0) is 59.7 Å². The SMILES string of the molecule is CC.CCCCCCN(CCCCCC)CCN(CCCCCC)CCN1CCN(C(=O)OC(C)(C)C)CC1. The molecular weight excluding hydrogens is 484 g/mol. The second-order valence-electron chi connectivity index (χ2n) is 12.2. The molecule has 0 aliphatic carbocycles. The van der Waals surface area contributed by atoms with Gasteiger partial charge in [-0.1, -0.05) is 92.4 Å². The van der Waals surface area contributed by atoms with E-state index in [1.165, 1.54) is 110 Å². The Kier molecular flexibility index (Phi) is 24.4. The fourth-order valence-electron chi connectivity index (χ4n) is 5.00.